The standard InChI is InChI=1S/C16H25N3OS/c1-12(15-5-3-9-21-15)18-16(20)11-19(14-6-7-14)10-13-4-2-8-17-13/h3,5,9,12-14,17H,2,4,6-8,10-11H2,1H3,(H,18,20). The summed E-state index contributed by atoms with van der Waals surface area (Å²) in [7, 11) is 0. The van der Waals surface area contributed by atoms with Crippen LogP contribution in [0.2, 0.25) is 0 Å². The zero-order valence-electron chi connectivity index (χ0n) is 12.7. The van der Waals surface area contributed by atoms with Crippen LogP contribution in [0, 0.1) is 0 Å². The molecule has 1 aromatic heterocycles. The van der Waals surface area contributed by atoms with Gasteiger partial charge < -0.3 is 10.6 Å². The van der Waals surface area contributed by atoms with Gasteiger partial charge in [0.05, 0.1) is 12.6 Å². The first-order chi connectivity index (χ1) is 10.2. The van der Waals surface area contributed by atoms with Gasteiger partial charge in [-0.2, -0.15) is 0 Å². The molecule has 0 aromatic carbocycles. The molecule has 116 valence electrons. The van der Waals surface area contributed by atoms with Crippen LogP contribution in [0.15, 0.2) is 17.5 Å². The monoisotopic (exact) mass is 307 g/mol. The van der Waals surface area contributed by atoms with E-state index in [1.807, 2.05) is 6.07 Å². The molecule has 2 fully saturated rings. The van der Waals surface area contributed by atoms with Crippen molar-refractivity contribution in [1.29, 1.82) is 0 Å². The average Bonchev–Trinajstić information content (AvgIpc) is 2.94. The van der Waals surface area contributed by atoms with Gasteiger partial charge in [0, 0.05) is 23.5 Å². The lowest BCUT2D eigenvalue weighted by molar-refractivity contribution is -0.123. The second-order valence-electron chi connectivity index (χ2n) is 6.26. The summed E-state index contributed by atoms with van der Waals surface area (Å²) in [5.41, 5.74) is 0. The second-order valence-corrected chi connectivity index (χ2v) is 7.24. The molecule has 1 aliphatic carbocycles. The quantitative estimate of drug-likeness (QED) is 0.811. The van der Waals surface area contributed by atoms with E-state index in [0.29, 0.717) is 18.6 Å². The van der Waals surface area contributed by atoms with Crippen molar-refractivity contribution < 1.29 is 4.79 Å². The molecule has 0 bridgehead atoms. The fraction of sp³-hybridized carbons (Fsp3) is 0.688. The molecule has 1 amide bonds. The van der Waals surface area contributed by atoms with Gasteiger partial charge in [0.2, 0.25) is 5.91 Å². The van der Waals surface area contributed by atoms with E-state index in [2.05, 4.69) is 33.9 Å². The van der Waals surface area contributed by atoms with E-state index in [9.17, 15) is 4.79 Å². The van der Waals surface area contributed by atoms with Crippen LogP contribution in [0.5, 0.6) is 0 Å². The minimum atomic E-state index is 0.114. The van der Waals surface area contributed by atoms with Crippen molar-refractivity contribution in [2.45, 2.75) is 50.7 Å². The van der Waals surface area contributed by atoms with Crippen molar-refractivity contribution in [1.82, 2.24) is 15.5 Å². The molecule has 1 aliphatic heterocycles. The maximum Gasteiger partial charge on any atom is 0.234 e. The first-order valence-corrected chi connectivity index (χ1v) is 8.90. The van der Waals surface area contributed by atoms with E-state index in [4.69, 9.17) is 0 Å². The van der Waals surface area contributed by atoms with E-state index in [0.717, 1.165) is 13.1 Å². The van der Waals surface area contributed by atoms with Crippen molar-refractivity contribution in [3.8, 4) is 0 Å². The topological polar surface area (TPSA) is 44.4 Å². The summed E-state index contributed by atoms with van der Waals surface area (Å²) < 4.78 is 0. The Kier molecular flexibility index (Phi) is 4.93. The Labute approximate surface area is 130 Å². The summed E-state index contributed by atoms with van der Waals surface area (Å²) in [6, 6.07) is 5.44. The number of amides is 1. The fourth-order valence-corrected chi connectivity index (χ4v) is 3.79. The third kappa shape index (κ3) is 4.28. The molecule has 1 aromatic rings. The van der Waals surface area contributed by atoms with Crippen LogP contribution in [0.3, 0.4) is 0 Å². The molecule has 2 atom stereocenters. The molecular formula is C16H25N3OS. The lowest BCUT2D eigenvalue weighted by atomic mass is 10.2. The van der Waals surface area contributed by atoms with Gasteiger partial charge in [-0.3, -0.25) is 9.69 Å². The summed E-state index contributed by atoms with van der Waals surface area (Å²) in [5.74, 6) is 0.154. The van der Waals surface area contributed by atoms with Crippen LogP contribution >= 0.6 is 11.3 Å². The summed E-state index contributed by atoms with van der Waals surface area (Å²) in [4.78, 5) is 15.9. The van der Waals surface area contributed by atoms with Crippen molar-refractivity contribution >= 4 is 17.2 Å². The van der Waals surface area contributed by atoms with E-state index in [-0.39, 0.29) is 11.9 Å². The average molecular weight is 307 g/mol. The van der Waals surface area contributed by atoms with E-state index < -0.39 is 0 Å². The number of thiophene rings is 1. The van der Waals surface area contributed by atoms with Gasteiger partial charge >= 0.3 is 0 Å². The maximum absolute atomic E-state index is 12.3. The summed E-state index contributed by atoms with van der Waals surface area (Å²) in [5, 5.41) is 8.72. The molecule has 2 N–H and O–H groups in total. The third-order valence-electron chi connectivity index (χ3n) is 4.37. The number of hydrogen-bond donors (Lipinski definition) is 2. The molecule has 2 aliphatic rings. The van der Waals surface area contributed by atoms with Gasteiger partial charge in [-0.05, 0) is 50.6 Å². The zero-order chi connectivity index (χ0) is 14.7. The maximum atomic E-state index is 12.3. The summed E-state index contributed by atoms with van der Waals surface area (Å²) >= 11 is 1.70. The van der Waals surface area contributed by atoms with Gasteiger partial charge in [0.15, 0.2) is 0 Å². The predicted molar refractivity (Wildman–Crippen MR) is 86.5 cm³/mol. The number of hydrogen-bond acceptors (Lipinski definition) is 4. The highest BCUT2D eigenvalue weighted by molar-refractivity contribution is 7.10. The van der Waals surface area contributed by atoms with E-state index >= 15 is 0 Å². The highest BCUT2D eigenvalue weighted by atomic mass is 32.1. The van der Waals surface area contributed by atoms with Gasteiger partial charge in [0.1, 0.15) is 0 Å². The Morgan fingerprint density at radius 2 is 2.38 bits per heavy atom. The Morgan fingerprint density at radius 3 is 3.00 bits per heavy atom. The normalized spacial score (nSPS) is 23.4. The Bertz CT molecular complexity index is 452. The minimum Gasteiger partial charge on any atom is -0.348 e. The highest BCUT2D eigenvalue weighted by Gasteiger charge is 2.32. The van der Waals surface area contributed by atoms with Gasteiger partial charge in [-0.25, -0.2) is 0 Å². The van der Waals surface area contributed by atoms with Crippen LogP contribution in [-0.2, 0) is 4.79 Å². The van der Waals surface area contributed by atoms with Crippen molar-refractivity contribution in [2.75, 3.05) is 19.6 Å². The molecule has 3 rings (SSSR count). The molecule has 1 saturated heterocycles. The Morgan fingerprint density at radius 1 is 1.52 bits per heavy atom. The number of carbonyl (C=O) groups is 1. The van der Waals surface area contributed by atoms with Crippen LogP contribution in [-0.4, -0.2) is 42.5 Å². The molecule has 5 heteroatoms. The Hall–Kier alpha value is -0.910. The van der Waals surface area contributed by atoms with Crippen LogP contribution in [0.1, 0.15) is 43.5 Å². The molecular weight excluding hydrogens is 282 g/mol. The second kappa shape index (κ2) is 6.90. The van der Waals surface area contributed by atoms with E-state index in [1.165, 1.54) is 30.6 Å². The van der Waals surface area contributed by atoms with Crippen molar-refractivity contribution in [2.24, 2.45) is 0 Å². The van der Waals surface area contributed by atoms with Gasteiger partial charge in [-0.15, -0.1) is 11.3 Å². The van der Waals surface area contributed by atoms with Crippen LogP contribution in [0.25, 0.3) is 0 Å². The summed E-state index contributed by atoms with van der Waals surface area (Å²) in [6.45, 7) is 4.75. The highest BCUT2D eigenvalue weighted by Crippen LogP contribution is 2.27. The Balaban J connectivity index is 1.49. The molecule has 0 radical (unpaired) electrons. The fourth-order valence-electron chi connectivity index (χ4n) is 3.06. The molecule has 21 heavy (non-hydrogen) atoms. The zero-order valence-corrected chi connectivity index (χ0v) is 13.5. The number of rotatable bonds is 7. The lowest BCUT2D eigenvalue weighted by Gasteiger charge is -2.25. The third-order valence-corrected chi connectivity index (χ3v) is 5.43. The summed E-state index contributed by atoms with van der Waals surface area (Å²) in [6.07, 6.45) is 5.02. The van der Waals surface area contributed by atoms with E-state index in [1.54, 1.807) is 11.3 Å². The first kappa shape index (κ1) is 15.0. The van der Waals surface area contributed by atoms with Crippen LogP contribution in [0.4, 0.5) is 0 Å². The molecule has 1 saturated carbocycles. The lowest BCUT2D eigenvalue weighted by Crippen LogP contribution is -2.44. The first-order valence-electron chi connectivity index (χ1n) is 8.02. The van der Waals surface area contributed by atoms with Crippen LogP contribution < -0.4 is 10.6 Å². The van der Waals surface area contributed by atoms with Gasteiger partial charge in [-0.1, -0.05) is 6.07 Å². The molecule has 2 heterocycles. The molecule has 2 unspecified atom stereocenters. The van der Waals surface area contributed by atoms with Crippen molar-refractivity contribution in [3.05, 3.63) is 22.4 Å². The predicted octanol–water partition coefficient (Wildman–Crippen LogP) is 2.14. The number of nitrogens with one attached hydrogen (secondary N) is 2. The molecule has 0 spiro atoms. The smallest absolute Gasteiger partial charge is 0.234 e. The molecule has 4 nitrogen and oxygen atoms in total. The van der Waals surface area contributed by atoms with Gasteiger partial charge in [0.25, 0.3) is 0 Å². The minimum absolute atomic E-state index is 0.114. The number of carbonyl (C=O) groups excluding carboxylic acids is 1. The number of nitrogens with zero attached hydrogens (tertiary/aromatic N) is 1. The van der Waals surface area contributed by atoms with Crippen molar-refractivity contribution in [3.63, 3.8) is 0 Å². The SMILES string of the molecule is CC(NC(=O)CN(CC1CCCN1)C1CC1)c1cccs1. The largest absolute Gasteiger partial charge is 0.348 e.